The fourth-order valence-corrected chi connectivity index (χ4v) is 8.89. The minimum absolute atomic E-state index is 0.660. The van der Waals surface area contributed by atoms with E-state index in [2.05, 4.69) is 210 Å². The normalized spacial score (nSPS) is 11.4. The summed E-state index contributed by atoms with van der Waals surface area (Å²) in [5.74, 6) is 3.49. The summed E-state index contributed by atoms with van der Waals surface area (Å²) in [6.45, 7) is 2.00. The molecule has 0 aliphatic carbocycles. The van der Waals surface area contributed by atoms with E-state index in [0.29, 0.717) is 16.9 Å². The molecule has 11 rings (SSSR count). The summed E-state index contributed by atoms with van der Waals surface area (Å²) in [4.78, 5) is 4.56. The molecule has 0 amide bonds. The van der Waals surface area contributed by atoms with Crippen molar-refractivity contribution in [3.05, 3.63) is 247 Å². The first kappa shape index (κ1) is 38.9. The van der Waals surface area contributed by atoms with Crippen LogP contribution >= 0.6 is 0 Å². The number of allylic oxidation sites excluding steroid dienone is 1. The standard InChI is InChI=1S/C61H40N2O2/c1-3-52(60-53(4-2)55-20-11-13-24-58(55)64-60)44-30-38-50(39-31-44)62(46-16-7-5-8-17-46)48-34-26-42(27-35-48)43-28-36-49(37-29-43)63(47-18-9-6-10-19-47)51-40-32-45(33-41-51)54-22-15-23-57-56-21-12-14-25-59(56)65-61(54)57/h2-3,5-10,12-19,21-41H,1H3/b52-3-. The molecule has 0 bridgehead atoms. The predicted molar refractivity (Wildman–Crippen MR) is 269 cm³/mol. The first-order valence-electron chi connectivity index (χ1n) is 21.7. The molecule has 2 heterocycles. The van der Waals surface area contributed by atoms with E-state index >= 15 is 0 Å². The van der Waals surface area contributed by atoms with Gasteiger partial charge in [-0.25, -0.2) is 0 Å². The highest BCUT2D eigenvalue weighted by Crippen LogP contribution is 2.41. The molecule has 11 aromatic rings. The first-order chi connectivity index (χ1) is 32.1. The first-order valence-corrected chi connectivity index (χ1v) is 21.7. The predicted octanol–water partition coefficient (Wildman–Crippen LogP) is 16.6. The smallest absolute Gasteiger partial charge is 0.151 e. The lowest BCUT2D eigenvalue weighted by atomic mass is 9.99. The van der Waals surface area contributed by atoms with E-state index in [0.717, 1.165) is 94.8 Å². The summed E-state index contributed by atoms with van der Waals surface area (Å²) in [6.07, 6.45) is 8.03. The van der Waals surface area contributed by atoms with Gasteiger partial charge in [0.25, 0.3) is 0 Å². The van der Waals surface area contributed by atoms with Crippen LogP contribution in [0, 0.1) is 24.5 Å². The third-order valence-corrected chi connectivity index (χ3v) is 12.0. The van der Waals surface area contributed by atoms with Gasteiger partial charge in [-0.3, -0.25) is 0 Å². The van der Waals surface area contributed by atoms with E-state index < -0.39 is 0 Å². The lowest BCUT2D eigenvalue weighted by Gasteiger charge is -2.26. The Morgan fingerprint density at radius 1 is 0.492 bits per heavy atom. The molecule has 0 atom stereocenters. The average molecular weight is 833 g/mol. The average Bonchev–Trinajstić information content (AvgIpc) is 3.95. The molecule has 4 heteroatoms. The van der Waals surface area contributed by atoms with Gasteiger partial charge in [-0.15, -0.1) is 6.42 Å². The molecular weight excluding hydrogens is 793 g/mol. The van der Waals surface area contributed by atoms with Gasteiger partial charge in [-0.1, -0.05) is 145 Å². The van der Waals surface area contributed by atoms with E-state index in [-0.39, 0.29) is 0 Å². The second kappa shape index (κ2) is 16.7. The van der Waals surface area contributed by atoms with Crippen molar-refractivity contribution in [3.63, 3.8) is 0 Å². The molecule has 65 heavy (non-hydrogen) atoms. The van der Waals surface area contributed by atoms with Crippen LogP contribution in [0.4, 0.5) is 34.1 Å². The molecule has 0 spiro atoms. The van der Waals surface area contributed by atoms with Crippen LogP contribution in [0.5, 0.6) is 0 Å². The van der Waals surface area contributed by atoms with Crippen LogP contribution in [0.15, 0.2) is 227 Å². The number of fused-ring (bicyclic) bond motifs is 4. The lowest BCUT2D eigenvalue weighted by molar-refractivity contribution is 0.599. The fourth-order valence-electron chi connectivity index (χ4n) is 8.89. The van der Waals surface area contributed by atoms with Crippen LogP contribution in [0.25, 0.3) is 60.7 Å². The second-order valence-corrected chi connectivity index (χ2v) is 15.8. The number of furan rings is 2. The zero-order chi connectivity index (χ0) is 43.7. The zero-order valence-electron chi connectivity index (χ0n) is 35.6. The summed E-state index contributed by atoms with van der Waals surface area (Å²) in [7, 11) is 0. The van der Waals surface area contributed by atoms with Crippen molar-refractivity contribution in [1.82, 2.24) is 0 Å². The minimum Gasteiger partial charge on any atom is -0.455 e. The molecule has 0 aliphatic heterocycles. The van der Waals surface area contributed by atoms with Gasteiger partial charge in [0.05, 0.1) is 10.9 Å². The lowest BCUT2D eigenvalue weighted by Crippen LogP contribution is -2.10. The molecule has 0 N–H and O–H groups in total. The third-order valence-electron chi connectivity index (χ3n) is 12.0. The maximum Gasteiger partial charge on any atom is 0.151 e. The van der Waals surface area contributed by atoms with Crippen LogP contribution in [0.2, 0.25) is 0 Å². The van der Waals surface area contributed by atoms with E-state index in [9.17, 15) is 0 Å². The van der Waals surface area contributed by atoms with Gasteiger partial charge in [0, 0.05) is 56.0 Å². The minimum atomic E-state index is 0.660. The third kappa shape index (κ3) is 7.16. The van der Waals surface area contributed by atoms with Crippen molar-refractivity contribution in [1.29, 1.82) is 0 Å². The Morgan fingerprint density at radius 2 is 1.00 bits per heavy atom. The number of para-hydroxylation sites is 4. The summed E-state index contributed by atoms with van der Waals surface area (Å²) in [5, 5.41) is 3.02. The highest BCUT2D eigenvalue weighted by molar-refractivity contribution is 6.09. The maximum absolute atomic E-state index is 6.38. The van der Waals surface area contributed by atoms with Gasteiger partial charge in [-0.2, -0.15) is 0 Å². The molecule has 0 saturated heterocycles. The van der Waals surface area contributed by atoms with Crippen molar-refractivity contribution in [3.8, 4) is 34.6 Å². The molecule has 9 aromatic carbocycles. The Labute approximate surface area is 378 Å². The van der Waals surface area contributed by atoms with Gasteiger partial charge in [0.15, 0.2) is 5.76 Å². The van der Waals surface area contributed by atoms with Gasteiger partial charge in [-0.05, 0) is 120 Å². The Bertz CT molecular complexity index is 3520. The number of benzene rings is 8. The molecule has 0 saturated carbocycles. The number of terminal acetylenes is 1. The summed E-state index contributed by atoms with van der Waals surface area (Å²) >= 11 is 0. The zero-order valence-corrected chi connectivity index (χ0v) is 35.6. The SMILES string of the molecule is C#Cc1c(/C(=C\C)c2ccc(N(c3ccccc3)c3ccc(-c4ccc(N(c5ccccc5)c5ccc(-c6cccc7c6oc6ccccc67)cc5)cc4)cc3)cc2)oc2ccc#cc12. The van der Waals surface area contributed by atoms with E-state index in [1.807, 2.05) is 37.3 Å². The highest BCUT2D eigenvalue weighted by atomic mass is 16.3. The number of rotatable bonds is 10. The van der Waals surface area contributed by atoms with Crippen LogP contribution < -0.4 is 9.80 Å². The van der Waals surface area contributed by atoms with Crippen LogP contribution in [-0.2, 0) is 0 Å². The van der Waals surface area contributed by atoms with Crippen molar-refractivity contribution in [2.45, 2.75) is 6.92 Å². The highest BCUT2D eigenvalue weighted by Gasteiger charge is 2.20. The van der Waals surface area contributed by atoms with Gasteiger partial charge in [0.1, 0.15) is 16.7 Å². The summed E-state index contributed by atoms with van der Waals surface area (Å²) in [6, 6.07) is 80.2. The van der Waals surface area contributed by atoms with Crippen molar-refractivity contribution in [2.75, 3.05) is 9.80 Å². The quantitative estimate of drug-likeness (QED) is 0.129. The number of nitrogens with zero attached hydrogens (tertiary/aromatic N) is 2. The molecule has 306 valence electrons. The Balaban J connectivity index is 0.875. The molecule has 4 nitrogen and oxygen atoms in total. The van der Waals surface area contributed by atoms with Gasteiger partial charge in [0.2, 0.25) is 0 Å². The number of hydrogen-bond acceptors (Lipinski definition) is 4. The Morgan fingerprint density at radius 3 is 1.57 bits per heavy atom. The Kier molecular flexibility index (Phi) is 10.0. The summed E-state index contributed by atoms with van der Waals surface area (Å²) in [5.41, 5.74) is 15.9. The van der Waals surface area contributed by atoms with Crippen molar-refractivity contribution in [2.24, 2.45) is 0 Å². The maximum atomic E-state index is 6.38. The molecule has 0 unspecified atom stereocenters. The van der Waals surface area contributed by atoms with E-state index in [1.165, 1.54) is 0 Å². The van der Waals surface area contributed by atoms with Crippen LogP contribution in [0.1, 0.15) is 23.8 Å². The topological polar surface area (TPSA) is 32.8 Å². The van der Waals surface area contributed by atoms with Crippen molar-refractivity contribution >= 4 is 72.6 Å². The van der Waals surface area contributed by atoms with Crippen LogP contribution in [-0.4, -0.2) is 0 Å². The number of anilines is 6. The Hall–Kier alpha value is -8.96. The molecule has 0 radical (unpaired) electrons. The van der Waals surface area contributed by atoms with Gasteiger partial charge >= 0.3 is 0 Å². The fraction of sp³-hybridized carbons (Fsp3) is 0.0164. The molecule has 0 fully saturated rings. The van der Waals surface area contributed by atoms with E-state index in [4.69, 9.17) is 15.3 Å². The second-order valence-electron chi connectivity index (χ2n) is 15.8. The monoisotopic (exact) mass is 832 g/mol. The van der Waals surface area contributed by atoms with Crippen LogP contribution in [0.3, 0.4) is 0 Å². The molecule has 2 aromatic heterocycles. The van der Waals surface area contributed by atoms with E-state index in [1.54, 1.807) is 6.07 Å². The van der Waals surface area contributed by atoms with Gasteiger partial charge < -0.3 is 18.6 Å². The largest absolute Gasteiger partial charge is 0.455 e. The molecular formula is C61H40N2O2. The molecule has 0 aliphatic rings. The van der Waals surface area contributed by atoms with Crippen molar-refractivity contribution < 1.29 is 8.83 Å². The number of hydrogen-bond donors (Lipinski definition) is 0. The summed E-state index contributed by atoms with van der Waals surface area (Å²) < 4.78 is 12.7.